The molecule has 1 aromatic carbocycles. The zero-order valence-electron chi connectivity index (χ0n) is 14.2. The fourth-order valence-electron chi connectivity index (χ4n) is 3.00. The van der Waals surface area contributed by atoms with Gasteiger partial charge in [0.1, 0.15) is 5.82 Å². The van der Waals surface area contributed by atoms with Gasteiger partial charge >= 0.3 is 6.18 Å². The van der Waals surface area contributed by atoms with Crippen LogP contribution in [0.25, 0.3) is 10.9 Å². The summed E-state index contributed by atoms with van der Waals surface area (Å²) in [5, 5.41) is 3.67. The Morgan fingerprint density at radius 1 is 1.04 bits per heavy atom. The van der Waals surface area contributed by atoms with Crippen molar-refractivity contribution in [3.63, 3.8) is 0 Å². The highest BCUT2D eigenvalue weighted by molar-refractivity contribution is 5.89. The highest BCUT2D eigenvalue weighted by Gasteiger charge is 2.35. The molecule has 8 heteroatoms. The van der Waals surface area contributed by atoms with Crippen molar-refractivity contribution in [2.45, 2.75) is 13.1 Å². The topological polar surface area (TPSA) is 44.3 Å². The van der Waals surface area contributed by atoms with Gasteiger partial charge in [-0.2, -0.15) is 13.2 Å². The van der Waals surface area contributed by atoms with E-state index in [1.165, 1.54) is 0 Å². The summed E-state index contributed by atoms with van der Waals surface area (Å²) in [6.07, 6.45) is -4.56. The third-order valence-corrected chi connectivity index (χ3v) is 4.49. The number of rotatable bonds is 5. The minimum atomic E-state index is -4.56. The Kier molecular flexibility index (Phi) is 5.39. The maximum atomic E-state index is 13.0. The van der Waals surface area contributed by atoms with E-state index in [0.29, 0.717) is 17.4 Å². The molecule has 2 aromatic rings. The fraction of sp³-hybridized carbons (Fsp3) is 0.529. The van der Waals surface area contributed by atoms with Gasteiger partial charge in [-0.1, -0.05) is 19.1 Å². The van der Waals surface area contributed by atoms with Crippen molar-refractivity contribution >= 4 is 16.7 Å². The molecule has 5 nitrogen and oxygen atoms in total. The molecule has 25 heavy (non-hydrogen) atoms. The maximum Gasteiger partial charge on any atom is 0.451 e. The van der Waals surface area contributed by atoms with Crippen LogP contribution in [0.2, 0.25) is 0 Å². The predicted octanol–water partition coefficient (Wildman–Crippen LogP) is 2.70. The largest absolute Gasteiger partial charge is 0.451 e. The summed E-state index contributed by atoms with van der Waals surface area (Å²) < 4.78 is 39.0. The van der Waals surface area contributed by atoms with Gasteiger partial charge in [-0.15, -0.1) is 0 Å². The van der Waals surface area contributed by atoms with Gasteiger partial charge in [0.2, 0.25) is 5.82 Å². The van der Waals surface area contributed by atoms with E-state index in [-0.39, 0.29) is 5.82 Å². The number of hydrogen-bond acceptors (Lipinski definition) is 5. The second-order valence-corrected chi connectivity index (χ2v) is 6.11. The van der Waals surface area contributed by atoms with E-state index < -0.39 is 12.0 Å². The molecular weight excluding hydrogens is 331 g/mol. The van der Waals surface area contributed by atoms with Crippen LogP contribution in [0, 0.1) is 0 Å². The molecule has 0 bridgehead atoms. The lowest BCUT2D eigenvalue weighted by Crippen LogP contribution is -2.47. The number of hydrogen-bond donors (Lipinski definition) is 1. The van der Waals surface area contributed by atoms with Gasteiger partial charge in [0, 0.05) is 44.7 Å². The van der Waals surface area contributed by atoms with Crippen LogP contribution in [0.3, 0.4) is 0 Å². The Balaban J connectivity index is 1.68. The Hall–Kier alpha value is -1.93. The molecule has 2 heterocycles. The Bertz CT molecular complexity index is 711. The van der Waals surface area contributed by atoms with Crippen molar-refractivity contribution < 1.29 is 13.2 Å². The summed E-state index contributed by atoms with van der Waals surface area (Å²) in [5.41, 5.74) is 0.295. The van der Waals surface area contributed by atoms with Gasteiger partial charge in [0.05, 0.1) is 5.52 Å². The third-order valence-electron chi connectivity index (χ3n) is 4.49. The average molecular weight is 353 g/mol. The Morgan fingerprint density at radius 2 is 1.72 bits per heavy atom. The molecule has 1 N–H and O–H groups in total. The molecule has 0 unspecified atom stereocenters. The molecule has 0 aliphatic carbocycles. The van der Waals surface area contributed by atoms with Crippen molar-refractivity contribution in [1.82, 2.24) is 19.8 Å². The van der Waals surface area contributed by atoms with Crippen molar-refractivity contribution in [3.05, 3.63) is 30.1 Å². The molecule has 1 aromatic heterocycles. The van der Waals surface area contributed by atoms with Crippen molar-refractivity contribution in [1.29, 1.82) is 0 Å². The molecule has 0 spiro atoms. The first kappa shape index (κ1) is 17.9. The highest BCUT2D eigenvalue weighted by Crippen LogP contribution is 2.30. The van der Waals surface area contributed by atoms with Crippen LogP contribution in [0.1, 0.15) is 12.7 Å². The second-order valence-electron chi connectivity index (χ2n) is 6.11. The van der Waals surface area contributed by atoms with Gasteiger partial charge < -0.3 is 10.2 Å². The number of halogens is 3. The third kappa shape index (κ3) is 4.38. The van der Waals surface area contributed by atoms with E-state index in [2.05, 4.69) is 32.0 Å². The second kappa shape index (κ2) is 7.53. The lowest BCUT2D eigenvalue weighted by atomic mass is 10.2. The van der Waals surface area contributed by atoms with E-state index >= 15 is 0 Å². The number of anilines is 1. The number of aromatic nitrogens is 2. The van der Waals surface area contributed by atoms with Crippen molar-refractivity contribution in [2.24, 2.45) is 0 Å². The van der Waals surface area contributed by atoms with Crippen LogP contribution < -0.4 is 5.32 Å². The van der Waals surface area contributed by atoms with Gasteiger partial charge in [0.15, 0.2) is 0 Å². The zero-order chi connectivity index (χ0) is 17.9. The smallest absolute Gasteiger partial charge is 0.368 e. The number of para-hydroxylation sites is 1. The summed E-state index contributed by atoms with van der Waals surface area (Å²) in [6, 6.07) is 6.75. The first-order valence-electron chi connectivity index (χ1n) is 8.50. The van der Waals surface area contributed by atoms with Crippen molar-refractivity contribution in [3.8, 4) is 0 Å². The number of benzene rings is 1. The molecule has 0 radical (unpaired) electrons. The first-order valence-corrected chi connectivity index (χ1v) is 8.50. The molecule has 0 amide bonds. The number of nitrogens with one attached hydrogen (secondary N) is 1. The summed E-state index contributed by atoms with van der Waals surface area (Å²) in [6.45, 7) is 8.55. The highest BCUT2D eigenvalue weighted by atomic mass is 19.4. The summed E-state index contributed by atoms with van der Waals surface area (Å²) in [4.78, 5) is 12.0. The van der Waals surface area contributed by atoms with Gasteiger partial charge in [-0.25, -0.2) is 9.97 Å². The van der Waals surface area contributed by atoms with Crippen LogP contribution in [0.4, 0.5) is 19.0 Å². The Labute approximate surface area is 144 Å². The number of likely N-dealkylation sites (N-methyl/N-ethyl adjacent to an activating group) is 1. The maximum absolute atomic E-state index is 13.0. The molecule has 0 saturated carbocycles. The van der Waals surface area contributed by atoms with Gasteiger partial charge in [-0.3, -0.25) is 4.90 Å². The van der Waals surface area contributed by atoms with E-state index in [0.717, 1.165) is 39.3 Å². The monoisotopic (exact) mass is 353 g/mol. The van der Waals surface area contributed by atoms with Crippen LogP contribution in [0.5, 0.6) is 0 Å². The van der Waals surface area contributed by atoms with Gasteiger partial charge in [-0.05, 0) is 18.7 Å². The predicted molar refractivity (Wildman–Crippen MR) is 91.6 cm³/mol. The van der Waals surface area contributed by atoms with Crippen LogP contribution in [0.15, 0.2) is 24.3 Å². The van der Waals surface area contributed by atoms with Crippen molar-refractivity contribution in [2.75, 3.05) is 51.1 Å². The molecular formula is C17H22F3N5. The standard InChI is InChI=1S/C17H22F3N5/c1-2-24-9-11-25(12-10-24)8-7-21-15-13-5-3-4-6-14(13)22-16(23-15)17(18,19)20/h3-6H,2,7-12H2,1H3,(H,21,22,23). The lowest BCUT2D eigenvalue weighted by molar-refractivity contribution is -0.144. The number of piperazine rings is 1. The summed E-state index contributed by atoms with van der Waals surface area (Å²) in [7, 11) is 0. The summed E-state index contributed by atoms with van der Waals surface area (Å²) >= 11 is 0. The summed E-state index contributed by atoms with van der Waals surface area (Å²) in [5.74, 6) is -0.865. The lowest BCUT2D eigenvalue weighted by Gasteiger charge is -2.34. The zero-order valence-corrected chi connectivity index (χ0v) is 14.2. The van der Waals surface area contributed by atoms with E-state index in [4.69, 9.17) is 0 Å². The van der Waals surface area contributed by atoms with Crippen LogP contribution >= 0.6 is 0 Å². The molecule has 1 saturated heterocycles. The number of alkyl halides is 3. The quantitative estimate of drug-likeness (QED) is 0.895. The van der Waals surface area contributed by atoms with Crippen LogP contribution in [-0.4, -0.2) is 65.6 Å². The molecule has 136 valence electrons. The van der Waals surface area contributed by atoms with Gasteiger partial charge in [0.25, 0.3) is 0 Å². The molecule has 0 atom stereocenters. The average Bonchev–Trinajstić information content (AvgIpc) is 2.61. The molecule has 1 aliphatic rings. The SMILES string of the molecule is CCN1CCN(CCNc2nc(C(F)(F)F)nc3ccccc23)CC1. The number of fused-ring (bicyclic) bond motifs is 1. The fourth-order valence-corrected chi connectivity index (χ4v) is 3.00. The minimum Gasteiger partial charge on any atom is -0.368 e. The first-order chi connectivity index (χ1) is 12.0. The van der Waals surface area contributed by atoms with E-state index in [9.17, 15) is 13.2 Å². The number of nitrogens with zero attached hydrogens (tertiary/aromatic N) is 4. The molecule has 1 fully saturated rings. The minimum absolute atomic E-state index is 0.241. The molecule has 1 aliphatic heterocycles. The Morgan fingerprint density at radius 3 is 2.40 bits per heavy atom. The molecule has 3 rings (SSSR count). The van der Waals surface area contributed by atoms with E-state index in [1.54, 1.807) is 24.3 Å². The van der Waals surface area contributed by atoms with E-state index in [1.807, 2.05) is 0 Å². The van der Waals surface area contributed by atoms with Crippen LogP contribution in [-0.2, 0) is 6.18 Å². The normalized spacial score (nSPS) is 17.1.